The van der Waals surface area contributed by atoms with Crippen LogP contribution in [0.1, 0.15) is 45.0 Å². The molecule has 0 atom stereocenters. The molecule has 0 saturated heterocycles. The molecular weight excluding hydrogens is 585 g/mol. The molecule has 2 N–H and O–H groups in total. The summed E-state index contributed by atoms with van der Waals surface area (Å²) in [5.41, 5.74) is 19.0. The topological polar surface area (TPSA) is 57.4 Å². The molecule has 0 saturated carbocycles. The van der Waals surface area contributed by atoms with Crippen molar-refractivity contribution in [2.45, 2.75) is 27.2 Å². The van der Waals surface area contributed by atoms with Gasteiger partial charge in [-0.05, 0) is 92.5 Å². The quantitative estimate of drug-likeness (QED) is 0.188. The number of benzene rings is 3. The van der Waals surface area contributed by atoms with E-state index >= 15 is 0 Å². The Hall–Kier alpha value is -6.00. The lowest BCUT2D eigenvalue weighted by Gasteiger charge is -2.07. The molecule has 4 nitrogen and oxygen atoms in total. The van der Waals surface area contributed by atoms with Gasteiger partial charge in [-0.1, -0.05) is 95.6 Å². The van der Waals surface area contributed by atoms with Gasteiger partial charge in [0.25, 0.3) is 0 Å². The molecule has 48 heavy (non-hydrogen) atoms. The van der Waals surface area contributed by atoms with Gasteiger partial charge in [0.05, 0.1) is 22.8 Å². The first-order valence-corrected chi connectivity index (χ1v) is 16.4. The van der Waals surface area contributed by atoms with Crippen molar-refractivity contribution in [2.75, 3.05) is 0 Å². The molecule has 6 aromatic rings. The fourth-order valence-electron chi connectivity index (χ4n) is 6.70. The zero-order valence-electron chi connectivity index (χ0n) is 27.4. The second-order valence-electron chi connectivity index (χ2n) is 12.7. The number of nitrogens with zero attached hydrogens (tertiary/aromatic N) is 2. The van der Waals surface area contributed by atoms with Crippen molar-refractivity contribution in [3.05, 3.63) is 155 Å². The number of fused-ring (bicyclic) bond motifs is 8. The molecule has 8 bridgehead atoms. The number of aromatic nitrogens is 4. The highest BCUT2D eigenvalue weighted by Crippen LogP contribution is 2.36. The average Bonchev–Trinajstić information content (AvgIpc) is 3.93. The Morgan fingerprint density at radius 3 is 1.17 bits per heavy atom. The van der Waals surface area contributed by atoms with E-state index < -0.39 is 0 Å². The summed E-state index contributed by atoms with van der Waals surface area (Å²) in [4.78, 5) is 18.2. The van der Waals surface area contributed by atoms with Crippen molar-refractivity contribution in [3.63, 3.8) is 0 Å². The molecule has 0 amide bonds. The molecule has 3 aromatic carbocycles. The summed E-state index contributed by atoms with van der Waals surface area (Å²) < 4.78 is 0. The Balaban J connectivity index is 1.55. The van der Waals surface area contributed by atoms with E-state index in [1.165, 1.54) is 16.7 Å². The summed E-state index contributed by atoms with van der Waals surface area (Å²) in [6.07, 6.45) is 11.1. The van der Waals surface area contributed by atoms with E-state index in [0.717, 1.165) is 83.8 Å². The number of aromatic amines is 2. The molecule has 0 unspecified atom stereocenters. The van der Waals surface area contributed by atoms with Gasteiger partial charge in [-0.3, -0.25) is 0 Å². The van der Waals surface area contributed by atoms with Gasteiger partial charge in [-0.15, -0.1) is 6.58 Å². The predicted octanol–water partition coefficient (Wildman–Crippen LogP) is 11.3. The van der Waals surface area contributed by atoms with E-state index in [1.54, 1.807) is 0 Å². The molecule has 3 aromatic heterocycles. The lowest BCUT2D eigenvalue weighted by Crippen LogP contribution is -1.93. The maximum absolute atomic E-state index is 5.27. The van der Waals surface area contributed by atoms with Crippen LogP contribution in [0.25, 0.3) is 79.8 Å². The molecule has 0 aliphatic carbocycles. The number of hydrogen-bond donors (Lipinski definition) is 2. The number of hydrogen-bond acceptors (Lipinski definition) is 2. The molecule has 5 heterocycles. The van der Waals surface area contributed by atoms with Crippen LogP contribution in [0.15, 0.2) is 110 Å². The number of H-pyrrole nitrogens is 2. The molecule has 2 aliphatic heterocycles. The summed E-state index contributed by atoms with van der Waals surface area (Å²) in [5, 5.41) is 0. The van der Waals surface area contributed by atoms with Crippen LogP contribution < -0.4 is 0 Å². The Morgan fingerprint density at radius 1 is 0.458 bits per heavy atom. The van der Waals surface area contributed by atoms with Crippen LogP contribution in [0.4, 0.5) is 0 Å². The van der Waals surface area contributed by atoms with Crippen molar-refractivity contribution >= 4 is 46.4 Å². The van der Waals surface area contributed by atoms with E-state index in [4.69, 9.17) is 9.97 Å². The smallest absolute Gasteiger partial charge is 0.0737 e. The van der Waals surface area contributed by atoms with E-state index in [0.29, 0.717) is 6.42 Å². The largest absolute Gasteiger partial charge is 0.354 e. The van der Waals surface area contributed by atoms with Gasteiger partial charge in [0.2, 0.25) is 0 Å². The van der Waals surface area contributed by atoms with Crippen LogP contribution in [0, 0.1) is 20.8 Å². The zero-order chi connectivity index (χ0) is 32.8. The minimum absolute atomic E-state index is 0.654. The second-order valence-corrected chi connectivity index (χ2v) is 12.7. The standard InChI is InChI=1S/C44H36N4/c1-5-6-33-34-19-21-36(45-34)42(30-13-7-27(2)8-14-30)38-23-25-40(47-38)44(32-17-11-29(4)12-18-32)41-26-24-39(48-41)43(37-22-20-35(33)46-37)31-15-9-28(3)10-16-31/h5,7-26,47-48H,1,6H2,2-4H3. The SMILES string of the molecule is C=CCc1c2nc(c(-c3ccc(C)cc3)c3ccc([nH]3)c(-c3ccc(C)cc3)c3ccc([nH]3)c(-c3ccc(C)cc3)c3nc1C=C3)C=C2. The van der Waals surface area contributed by atoms with Crippen LogP contribution in [0.3, 0.4) is 0 Å². The number of aryl methyl sites for hydroxylation is 3. The molecule has 0 fully saturated rings. The van der Waals surface area contributed by atoms with E-state index in [2.05, 4.69) is 159 Å². The highest BCUT2D eigenvalue weighted by Gasteiger charge is 2.18. The molecule has 4 heteroatoms. The highest BCUT2D eigenvalue weighted by atomic mass is 14.8. The molecule has 232 valence electrons. The van der Waals surface area contributed by atoms with Crippen molar-refractivity contribution < 1.29 is 0 Å². The zero-order valence-corrected chi connectivity index (χ0v) is 27.4. The first-order chi connectivity index (χ1) is 23.4. The monoisotopic (exact) mass is 620 g/mol. The molecule has 0 spiro atoms. The lowest BCUT2D eigenvalue weighted by atomic mass is 10.0. The van der Waals surface area contributed by atoms with Gasteiger partial charge in [-0.2, -0.15) is 0 Å². The first-order valence-electron chi connectivity index (χ1n) is 16.4. The first kappa shape index (κ1) is 29.4. The minimum Gasteiger partial charge on any atom is -0.354 e. The van der Waals surface area contributed by atoms with Gasteiger partial charge in [0.15, 0.2) is 0 Å². The average molecular weight is 621 g/mol. The summed E-state index contributed by atoms with van der Waals surface area (Å²) in [6.45, 7) is 10.4. The number of nitrogens with one attached hydrogen (secondary N) is 2. The van der Waals surface area contributed by atoms with Gasteiger partial charge >= 0.3 is 0 Å². The predicted molar refractivity (Wildman–Crippen MR) is 203 cm³/mol. The molecule has 0 radical (unpaired) electrons. The van der Waals surface area contributed by atoms with Crippen LogP contribution in [0.5, 0.6) is 0 Å². The summed E-state index contributed by atoms with van der Waals surface area (Å²) in [7, 11) is 0. The minimum atomic E-state index is 0.654. The number of rotatable bonds is 5. The van der Waals surface area contributed by atoms with E-state index in [9.17, 15) is 0 Å². The van der Waals surface area contributed by atoms with E-state index in [1.807, 2.05) is 6.08 Å². The van der Waals surface area contributed by atoms with Crippen LogP contribution in [-0.2, 0) is 6.42 Å². The summed E-state index contributed by atoms with van der Waals surface area (Å²) in [6, 6.07) is 34.8. The third-order valence-electron chi connectivity index (χ3n) is 9.23. The van der Waals surface area contributed by atoms with Crippen LogP contribution in [-0.4, -0.2) is 19.9 Å². The Kier molecular flexibility index (Phi) is 7.34. The third-order valence-corrected chi connectivity index (χ3v) is 9.23. The fourth-order valence-corrected chi connectivity index (χ4v) is 6.70. The Labute approximate surface area is 280 Å². The van der Waals surface area contributed by atoms with Crippen molar-refractivity contribution in [1.82, 2.24) is 19.9 Å². The summed E-state index contributed by atoms with van der Waals surface area (Å²) >= 11 is 0. The molecule has 2 aliphatic rings. The van der Waals surface area contributed by atoms with Crippen LogP contribution >= 0.6 is 0 Å². The molecular formula is C44H36N4. The second kappa shape index (κ2) is 12.0. The lowest BCUT2D eigenvalue weighted by molar-refractivity contribution is 1.15. The van der Waals surface area contributed by atoms with Crippen molar-refractivity contribution in [1.29, 1.82) is 0 Å². The van der Waals surface area contributed by atoms with Crippen molar-refractivity contribution in [3.8, 4) is 33.4 Å². The van der Waals surface area contributed by atoms with Gasteiger partial charge in [0, 0.05) is 44.3 Å². The third kappa shape index (κ3) is 5.31. The highest BCUT2D eigenvalue weighted by molar-refractivity contribution is 5.99. The maximum Gasteiger partial charge on any atom is 0.0737 e. The van der Waals surface area contributed by atoms with Crippen LogP contribution in [0.2, 0.25) is 0 Å². The Morgan fingerprint density at radius 2 is 0.792 bits per heavy atom. The summed E-state index contributed by atoms with van der Waals surface area (Å²) in [5.74, 6) is 0. The fraction of sp³-hybridized carbons (Fsp3) is 0.0909. The van der Waals surface area contributed by atoms with E-state index in [-0.39, 0.29) is 0 Å². The Bertz CT molecular complexity index is 2290. The number of allylic oxidation sites excluding steroid dienone is 1. The maximum atomic E-state index is 5.27. The van der Waals surface area contributed by atoms with Gasteiger partial charge in [-0.25, -0.2) is 9.97 Å². The molecule has 8 rings (SSSR count). The van der Waals surface area contributed by atoms with Gasteiger partial charge < -0.3 is 9.97 Å². The normalized spacial score (nSPS) is 12.1. The van der Waals surface area contributed by atoms with Gasteiger partial charge in [0.1, 0.15) is 0 Å². The van der Waals surface area contributed by atoms with Crippen molar-refractivity contribution in [2.24, 2.45) is 0 Å².